The predicted molar refractivity (Wildman–Crippen MR) is 60.9 cm³/mol. The molecule has 2 N–H and O–H groups in total. The molecule has 0 unspecified atom stereocenters. The van der Waals surface area contributed by atoms with Crippen LogP contribution >= 0.6 is 11.8 Å². The highest BCUT2D eigenvalue weighted by Crippen LogP contribution is 2.35. The van der Waals surface area contributed by atoms with Gasteiger partial charge in [-0.25, -0.2) is 13.8 Å². The van der Waals surface area contributed by atoms with Gasteiger partial charge in [0.05, 0.1) is 10.6 Å². The second kappa shape index (κ2) is 4.37. The van der Waals surface area contributed by atoms with Crippen molar-refractivity contribution in [3.63, 3.8) is 0 Å². The molecule has 3 nitrogen and oxygen atoms in total. The average molecular weight is 256 g/mol. The highest BCUT2D eigenvalue weighted by Gasteiger charge is 2.16. The molecule has 0 bridgehead atoms. The Morgan fingerprint density at radius 1 is 1.29 bits per heavy atom. The number of benzene rings is 1. The van der Waals surface area contributed by atoms with E-state index in [2.05, 4.69) is 4.98 Å². The van der Waals surface area contributed by atoms with E-state index in [1.807, 2.05) is 0 Å². The number of hydrogen-bond acceptors (Lipinski definition) is 4. The molecule has 0 saturated heterocycles. The fraction of sp³-hybridized carbons (Fsp3) is 0.182. The molecule has 90 valence electrons. The molecule has 2 aromatic rings. The van der Waals surface area contributed by atoms with Gasteiger partial charge < -0.3 is 10.2 Å². The van der Waals surface area contributed by atoms with Crippen molar-refractivity contribution in [2.24, 2.45) is 0 Å². The standard InChI is InChI=1S/C11H10F2N2OS/c1-5-6(2)16-11(15-5)17-10-8(14)4-3-7(12)9(10)13/h3-4H,14H2,1-2H3. The Hall–Kier alpha value is -1.56. The minimum absolute atomic E-state index is 0.00810. The SMILES string of the molecule is Cc1nc(Sc2c(N)ccc(F)c2F)oc1C. The second-order valence-corrected chi connectivity index (χ2v) is 4.46. The Labute approximate surface area is 101 Å². The van der Waals surface area contributed by atoms with Crippen molar-refractivity contribution in [1.29, 1.82) is 0 Å². The fourth-order valence-corrected chi connectivity index (χ4v) is 2.12. The molecule has 2 rings (SSSR count). The first kappa shape index (κ1) is 11.9. The zero-order chi connectivity index (χ0) is 12.6. The molecule has 0 radical (unpaired) electrons. The zero-order valence-corrected chi connectivity index (χ0v) is 10.1. The topological polar surface area (TPSA) is 52.0 Å². The van der Waals surface area contributed by atoms with E-state index in [-0.39, 0.29) is 15.8 Å². The number of nitrogen functional groups attached to an aromatic ring is 1. The van der Waals surface area contributed by atoms with E-state index < -0.39 is 11.6 Å². The van der Waals surface area contributed by atoms with Crippen LogP contribution in [-0.2, 0) is 0 Å². The highest BCUT2D eigenvalue weighted by molar-refractivity contribution is 7.99. The van der Waals surface area contributed by atoms with E-state index in [0.717, 1.165) is 17.8 Å². The summed E-state index contributed by atoms with van der Waals surface area (Å²) in [6.07, 6.45) is 0. The molecule has 1 aromatic carbocycles. The number of nitrogens with two attached hydrogens (primary N) is 1. The molecule has 0 spiro atoms. The van der Waals surface area contributed by atoms with Crippen LogP contribution in [0, 0.1) is 25.5 Å². The van der Waals surface area contributed by atoms with Crippen molar-refractivity contribution in [2.45, 2.75) is 24.0 Å². The number of rotatable bonds is 2. The minimum Gasteiger partial charge on any atom is -0.436 e. The first-order valence-electron chi connectivity index (χ1n) is 4.84. The summed E-state index contributed by atoms with van der Waals surface area (Å²) in [5.41, 5.74) is 6.45. The fourth-order valence-electron chi connectivity index (χ4n) is 1.22. The Morgan fingerprint density at radius 2 is 2.00 bits per heavy atom. The van der Waals surface area contributed by atoms with Gasteiger partial charge in [-0.1, -0.05) is 0 Å². The maximum Gasteiger partial charge on any atom is 0.261 e. The number of aryl methyl sites for hydroxylation is 2. The van der Waals surface area contributed by atoms with E-state index >= 15 is 0 Å². The lowest BCUT2D eigenvalue weighted by Gasteiger charge is -2.04. The van der Waals surface area contributed by atoms with Crippen LogP contribution in [0.25, 0.3) is 0 Å². The van der Waals surface area contributed by atoms with Crippen molar-refractivity contribution in [3.8, 4) is 0 Å². The van der Waals surface area contributed by atoms with Crippen molar-refractivity contribution in [2.75, 3.05) is 5.73 Å². The van der Waals surface area contributed by atoms with Gasteiger partial charge in [0.1, 0.15) is 5.76 Å². The number of nitrogens with zero attached hydrogens (tertiary/aromatic N) is 1. The molecule has 0 saturated carbocycles. The predicted octanol–water partition coefficient (Wildman–Crippen LogP) is 3.30. The van der Waals surface area contributed by atoms with Gasteiger partial charge in [0.2, 0.25) is 0 Å². The highest BCUT2D eigenvalue weighted by atomic mass is 32.2. The van der Waals surface area contributed by atoms with Crippen LogP contribution in [-0.4, -0.2) is 4.98 Å². The maximum atomic E-state index is 13.5. The molecule has 0 aliphatic rings. The lowest BCUT2D eigenvalue weighted by atomic mass is 10.3. The van der Waals surface area contributed by atoms with Gasteiger partial charge >= 0.3 is 0 Å². The Balaban J connectivity index is 2.39. The smallest absolute Gasteiger partial charge is 0.261 e. The van der Waals surface area contributed by atoms with Gasteiger partial charge in [-0.2, -0.15) is 0 Å². The van der Waals surface area contributed by atoms with Crippen LogP contribution in [0.5, 0.6) is 0 Å². The molecule has 6 heteroatoms. The molecule has 0 atom stereocenters. The first-order chi connectivity index (χ1) is 7.99. The number of hydrogen-bond donors (Lipinski definition) is 1. The lowest BCUT2D eigenvalue weighted by Crippen LogP contribution is -1.95. The van der Waals surface area contributed by atoms with Crippen molar-refractivity contribution < 1.29 is 13.2 Å². The molecule has 1 aromatic heterocycles. The molecule has 0 aliphatic carbocycles. The summed E-state index contributed by atoms with van der Waals surface area (Å²) in [5, 5.41) is 0.246. The lowest BCUT2D eigenvalue weighted by molar-refractivity contribution is 0.430. The van der Waals surface area contributed by atoms with E-state index in [1.165, 1.54) is 6.07 Å². The van der Waals surface area contributed by atoms with E-state index in [0.29, 0.717) is 11.5 Å². The Bertz CT molecular complexity index is 549. The molecule has 0 aliphatic heterocycles. The summed E-state index contributed by atoms with van der Waals surface area (Å²) in [4.78, 5) is 4.06. The molecular weight excluding hydrogens is 246 g/mol. The molecule has 17 heavy (non-hydrogen) atoms. The average Bonchev–Trinajstić information content (AvgIpc) is 2.59. The van der Waals surface area contributed by atoms with E-state index in [9.17, 15) is 8.78 Å². The summed E-state index contributed by atoms with van der Waals surface area (Å²) in [7, 11) is 0. The van der Waals surface area contributed by atoms with Crippen LogP contribution < -0.4 is 5.73 Å². The minimum atomic E-state index is -0.983. The maximum absolute atomic E-state index is 13.5. The van der Waals surface area contributed by atoms with Crippen molar-refractivity contribution in [1.82, 2.24) is 4.98 Å². The van der Waals surface area contributed by atoms with Gasteiger partial charge in [-0.15, -0.1) is 0 Å². The summed E-state index contributed by atoms with van der Waals surface area (Å²) in [5.74, 6) is -1.28. The third kappa shape index (κ3) is 2.26. The van der Waals surface area contributed by atoms with Gasteiger partial charge in [0, 0.05) is 5.69 Å². The zero-order valence-electron chi connectivity index (χ0n) is 9.25. The summed E-state index contributed by atoms with van der Waals surface area (Å²) < 4.78 is 31.8. The third-order valence-corrected chi connectivity index (χ3v) is 3.25. The summed E-state index contributed by atoms with van der Waals surface area (Å²) in [6, 6.07) is 2.30. The van der Waals surface area contributed by atoms with E-state index in [4.69, 9.17) is 10.2 Å². The Morgan fingerprint density at radius 3 is 2.59 bits per heavy atom. The first-order valence-corrected chi connectivity index (χ1v) is 5.66. The van der Waals surface area contributed by atoms with Crippen molar-refractivity contribution in [3.05, 3.63) is 35.2 Å². The quantitative estimate of drug-likeness (QED) is 0.837. The van der Waals surface area contributed by atoms with E-state index in [1.54, 1.807) is 13.8 Å². The van der Waals surface area contributed by atoms with Crippen LogP contribution in [0.3, 0.4) is 0 Å². The molecule has 0 fully saturated rings. The molecule has 1 heterocycles. The summed E-state index contributed by atoms with van der Waals surface area (Å²) >= 11 is 0.872. The second-order valence-electron chi connectivity index (χ2n) is 3.50. The molecular formula is C11H10F2N2OS. The molecule has 0 amide bonds. The van der Waals surface area contributed by atoms with Crippen LogP contribution in [0.2, 0.25) is 0 Å². The van der Waals surface area contributed by atoms with Crippen LogP contribution in [0.15, 0.2) is 26.7 Å². The number of halogens is 2. The number of aromatic nitrogens is 1. The number of anilines is 1. The van der Waals surface area contributed by atoms with Crippen molar-refractivity contribution >= 4 is 17.4 Å². The van der Waals surface area contributed by atoms with Gasteiger partial charge in [-0.05, 0) is 37.7 Å². The normalized spacial score (nSPS) is 10.8. The Kier molecular flexibility index (Phi) is 3.06. The monoisotopic (exact) mass is 256 g/mol. The van der Waals surface area contributed by atoms with Gasteiger partial charge in [0.25, 0.3) is 5.22 Å². The summed E-state index contributed by atoms with van der Waals surface area (Å²) in [6.45, 7) is 3.52. The van der Waals surface area contributed by atoms with Gasteiger partial charge in [-0.3, -0.25) is 0 Å². The van der Waals surface area contributed by atoms with Crippen LogP contribution in [0.1, 0.15) is 11.5 Å². The van der Waals surface area contributed by atoms with Gasteiger partial charge in [0.15, 0.2) is 11.6 Å². The largest absolute Gasteiger partial charge is 0.436 e. The third-order valence-electron chi connectivity index (χ3n) is 2.28. The van der Waals surface area contributed by atoms with Crippen LogP contribution in [0.4, 0.5) is 14.5 Å². The number of oxazole rings is 1.